The molecule has 2 N–H and O–H groups in total. The molecule has 0 aliphatic heterocycles. The summed E-state index contributed by atoms with van der Waals surface area (Å²) in [5, 5.41) is 11.2. The summed E-state index contributed by atoms with van der Waals surface area (Å²) in [5.74, 6) is -1.33. The van der Waals surface area contributed by atoms with Crippen LogP contribution in [0.4, 0.5) is 0 Å². The maximum atomic E-state index is 11.6. The molecule has 1 amide bonds. The van der Waals surface area contributed by atoms with Gasteiger partial charge < -0.3 is 29.4 Å². The maximum absolute atomic E-state index is 11.6. The molecule has 0 rings (SSSR count). The summed E-state index contributed by atoms with van der Waals surface area (Å²) < 4.78 is 20.9. The van der Waals surface area contributed by atoms with E-state index in [4.69, 9.17) is 24.1 Å². The van der Waals surface area contributed by atoms with Crippen LogP contribution in [0.2, 0.25) is 0 Å². The van der Waals surface area contributed by atoms with Crippen molar-refractivity contribution >= 4 is 23.4 Å². The fraction of sp³-hybridized carbons (Fsp3) is 0.789. The van der Waals surface area contributed by atoms with E-state index in [0.717, 1.165) is 0 Å². The van der Waals surface area contributed by atoms with Gasteiger partial charge in [0, 0.05) is 19.6 Å². The van der Waals surface area contributed by atoms with E-state index in [1.54, 1.807) is 7.05 Å². The Bertz CT molecular complexity index is 514. The van der Waals surface area contributed by atoms with Gasteiger partial charge in [0.05, 0.1) is 46.1 Å². The van der Waals surface area contributed by atoms with Gasteiger partial charge in [-0.15, -0.1) is 0 Å². The van der Waals surface area contributed by atoms with E-state index in [1.165, 1.54) is 11.8 Å². The minimum atomic E-state index is -0.993. The van der Waals surface area contributed by atoms with Crippen LogP contribution in [0.15, 0.2) is 0 Å². The molecule has 0 bridgehead atoms. The lowest BCUT2D eigenvalue weighted by molar-refractivity contribution is -0.138. The predicted octanol–water partition coefficient (Wildman–Crippen LogP) is -0.876. The number of carboxylic acids is 1. The van der Waals surface area contributed by atoms with Crippen LogP contribution in [-0.2, 0) is 38.1 Å². The summed E-state index contributed by atoms with van der Waals surface area (Å²) in [4.78, 5) is 45.7. The number of nitrogens with one attached hydrogen (secondary N) is 1. The summed E-state index contributed by atoms with van der Waals surface area (Å²) in [6.07, 6.45) is 0.949. The number of carbonyl (C=O) groups is 4. The van der Waals surface area contributed by atoms with Gasteiger partial charge >= 0.3 is 5.97 Å². The van der Waals surface area contributed by atoms with Gasteiger partial charge in [-0.1, -0.05) is 0 Å². The van der Waals surface area contributed by atoms with Crippen LogP contribution in [0.1, 0.15) is 19.8 Å². The third kappa shape index (κ3) is 20.8. The normalized spacial score (nSPS) is 10.9. The van der Waals surface area contributed by atoms with Crippen LogP contribution in [-0.4, -0.2) is 113 Å². The lowest BCUT2D eigenvalue weighted by Crippen LogP contribution is -2.38. The van der Waals surface area contributed by atoms with Gasteiger partial charge in [-0.3, -0.25) is 24.1 Å². The Kier molecular flexibility index (Phi) is 17.8. The van der Waals surface area contributed by atoms with Crippen LogP contribution in [0, 0.1) is 0 Å². The van der Waals surface area contributed by atoms with E-state index in [1.807, 2.05) is 0 Å². The smallest absolute Gasteiger partial charge is 0.317 e. The van der Waals surface area contributed by atoms with Crippen molar-refractivity contribution in [3.8, 4) is 0 Å². The van der Waals surface area contributed by atoms with Crippen molar-refractivity contribution in [2.45, 2.75) is 19.8 Å². The van der Waals surface area contributed by atoms with Crippen molar-refractivity contribution < 1.29 is 43.2 Å². The average Bonchev–Trinajstić information content (AvgIpc) is 2.64. The fourth-order valence-electron chi connectivity index (χ4n) is 2.14. The Labute approximate surface area is 177 Å². The van der Waals surface area contributed by atoms with E-state index in [2.05, 4.69) is 5.32 Å². The molecule has 0 aliphatic carbocycles. The van der Waals surface area contributed by atoms with Crippen molar-refractivity contribution in [2.75, 3.05) is 79.5 Å². The summed E-state index contributed by atoms with van der Waals surface area (Å²) in [6.45, 7) is 3.68. The largest absolute Gasteiger partial charge is 0.480 e. The highest BCUT2D eigenvalue weighted by molar-refractivity contribution is 5.79. The van der Waals surface area contributed by atoms with E-state index in [9.17, 15) is 19.2 Å². The first-order valence-electron chi connectivity index (χ1n) is 9.80. The monoisotopic (exact) mass is 434 g/mol. The second-order valence-electron chi connectivity index (χ2n) is 6.59. The third-order valence-corrected chi connectivity index (χ3v) is 3.44. The van der Waals surface area contributed by atoms with Gasteiger partial charge in [0.1, 0.15) is 13.2 Å². The topological polar surface area (TPSA) is 141 Å². The fourth-order valence-corrected chi connectivity index (χ4v) is 2.14. The van der Waals surface area contributed by atoms with E-state index in [-0.39, 0.29) is 50.4 Å². The molecule has 0 atom stereocenters. The Morgan fingerprint density at radius 1 is 0.833 bits per heavy atom. The Hall–Kier alpha value is -1.92. The highest BCUT2D eigenvalue weighted by atomic mass is 16.5. The van der Waals surface area contributed by atoms with Crippen molar-refractivity contribution in [3.05, 3.63) is 0 Å². The van der Waals surface area contributed by atoms with Crippen molar-refractivity contribution in [1.29, 1.82) is 0 Å². The molecule has 0 aromatic rings. The second kappa shape index (κ2) is 19.1. The molecule has 0 spiro atoms. The zero-order chi connectivity index (χ0) is 22.6. The molecule has 0 aliphatic rings. The van der Waals surface area contributed by atoms with Gasteiger partial charge in [-0.2, -0.15) is 0 Å². The number of hydrogen-bond acceptors (Lipinski definition) is 9. The van der Waals surface area contributed by atoms with Crippen molar-refractivity contribution in [2.24, 2.45) is 0 Å². The molecular formula is C19H34N2O9. The highest BCUT2D eigenvalue weighted by Crippen LogP contribution is 1.94. The molecule has 11 heteroatoms. The van der Waals surface area contributed by atoms with Crippen LogP contribution in [0.3, 0.4) is 0 Å². The number of carboxylic acid groups (broad SMARTS) is 1. The number of aliphatic carboxylic acids is 1. The highest BCUT2D eigenvalue weighted by Gasteiger charge is 2.09. The van der Waals surface area contributed by atoms with Crippen LogP contribution < -0.4 is 5.32 Å². The SMILES string of the molecule is CC(=O)COCCOCCCC(=O)COCCOCCNC(=O)CN(C)CC(=O)O. The predicted molar refractivity (Wildman–Crippen MR) is 106 cm³/mol. The van der Waals surface area contributed by atoms with Gasteiger partial charge in [-0.05, 0) is 20.4 Å². The lowest BCUT2D eigenvalue weighted by Gasteiger charge is -2.13. The standard InChI is InChI=1S/C19H34N2O9/c1-16(22)14-29-10-8-27-6-3-4-17(23)15-30-11-9-28-7-5-20-18(24)12-21(2)13-19(25)26/h3-15H2,1-2H3,(H,20,24)(H,25,26). The van der Waals surface area contributed by atoms with Gasteiger partial charge in [0.2, 0.25) is 5.91 Å². The maximum Gasteiger partial charge on any atom is 0.317 e. The minimum Gasteiger partial charge on any atom is -0.480 e. The number of amides is 1. The summed E-state index contributed by atoms with van der Waals surface area (Å²) in [6, 6.07) is 0. The van der Waals surface area contributed by atoms with Gasteiger partial charge in [0.15, 0.2) is 11.6 Å². The molecule has 0 unspecified atom stereocenters. The second-order valence-corrected chi connectivity index (χ2v) is 6.59. The van der Waals surface area contributed by atoms with Crippen molar-refractivity contribution in [1.82, 2.24) is 10.2 Å². The third-order valence-electron chi connectivity index (χ3n) is 3.44. The van der Waals surface area contributed by atoms with Crippen LogP contribution in [0.25, 0.3) is 0 Å². The number of likely N-dealkylation sites (N-methyl/N-ethyl adjacent to an activating group) is 1. The minimum absolute atomic E-state index is 0.00376. The van der Waals surface area contributed by atoms with E-state index >= 15 is 0 Å². The molecule has 0 aromatic carbocycles. The van der Waals surface area contributed by atoms with E-state index in [0.29, 0.717) is 52.4 Å². The Morgan fingerprint density at radius 2 is 1.43 bits per heavy atom. The Balaban J connectivity index is 3.38. The molecule has 0 fully saturated rings. The van der Waals surface area contributed by atoms with E-state index < -0.39 is 5.97 Å². The van der Waals surface area contributed by atoms with Gasteiger partial charge in [0.25, 0.3) is 0 Å². The number of ketones is 2. The summed E-state index contributed by atoms with van der Waals surface area (Å²) in [7, 11) is 1.55. The average molecular weight is 434 g/mol. The molecular weight excluding hydrogens is 400 g/mol. The molecule has 0 aromatic heterocycles. The van der Waals surface area contributed by atoms with Crippen molar-refractivity contribution in [3.63, 3.8) is 0 Å². The zero-order valence-corrected chi connectivity index (χ0v) is 17.9. The molecule has 0 heterocycles. The lowest BCUT2D eigenvalue weighted by atomic mass is 10.2. The number of Topliss-reactive ketones (excluding diaryl/α,β-unsaturated/α-hetero) is 2. The van der Waals surface area contributed by atoms with Crippen LogP contribution in [0.5, 0.6) is 0 Å². The molecule has 11 nitrogen and oxygen atoms in total. The van der Waals surface area contributed by atoms with Crippen LogP contribution >= 0.6 is 0 Å². The zero-order valence-electron chi connectivity index (χ0n) is 17.9. The first-order valence-corrected chi connectivity index (χ1v) is 9.80. The number of hydrogen-bond donors (Lipinski definition) is 2. The summed E-state index contributed by atoms with van der Waals surface area (Å²) in [5.41, 5.74) is 0. The number of carbonyl (C=O) groups excluding carboxylic acids is 3. The number of nitrogens with zero attached hydrogens (tertiary/aromatic N) is 1. The molecule has 0 radical (unpaired) electrons. The van der Waals surface area contributed by atoms with Gasteiger partial charge in [-0.25, -0.2) is 0 Å². The number of ether oxygens (including phenoxy) is 4. The number of rotatable bonds is 21. The molecule has 174 valence electrons. The molecule has 0 saturated carbocycles. The first kappa shape index (κ1) is 28.1. The first-order chi connectivity index (χ1) is 14.3. The quantitative estimate of drug-likeness (QED) is 0.219. The molecule has 30 heavy (non-hydrogen) atoms. The summed E-state index contributed by atoms with van der Waals surface area (Å²) >= 11 is 0. The Morgan fingerprint density at radius 3 is 2.07 bits per heavy atom. The molecule has 0 saturated heterocycles.